The number of carbonyl (C=O) groups excluding carboxylic acids is 1. The first-order valence-corrected chi connectivity index (χ1v) is 7.99. The van der Waals surface area contributed by atoms with Gasteiger partial charge < -0.3 is 9.72 Å². The number of fused-ring (bicyclic) bond motifs is 3. The fourth-order valence-corrected chi connectivity index (χ4v) is 2.94. The van der Waals surface area contributed by atoms with E-state index < -0.39 is 5.97 Å². The second-order valence-corrected chi connectivity index (χ2v) is 5.72. The highest BCUT2D eigenvalue weighted by Crippen LogP contribution is 2.28. The maximum Gasteiger partial charge on any atom is 0.356 e. The van der Waals surface area contributed by atoms with Crippen molar-refractivity contribution in [1.82, 2.24) is 9.97 Å². The summed E-state index contributed by atoms with van der Waals surface area (Å²) in [5.74, 6) is -0.443. The Morgan fingerprint density at radius 2 is 1.76 bits per heavy atom. The van der Waals surface area contributed by atoms with E-state index in [1.807, 2.05) is 66.7 Å². The van der Waals surface area contributed by atoms with E-state index in [2.05, 4.69) is 9.97 Å². The van der Waals surface area contributed by atoms with Crippen molar-refractivity contribution < 1.29 is 9.53 Å². The molecule has 4 aromatic rings. The molecular weight excluding hydrogens is 312 g/mol. The number of aromatic amines is 1. The fourth-order valence-electron chi connectivity index (χ4n) is 2.94. The molecule has 122 valence electrons. The zero-order chi connectivity index (χ0) is 17.2. The van der Waals surface area contributed by atoms with Crippen LogP contribution in [0.3, 0.4) is 0 Å². The van der Waals surface area contributed by atoms with E-state index in [1.54, 1.807) is 6.07 Å². The van der Waals surface area contributed by atoms with Crippen molar-refractivity contribution in [2.24, 2.45) is 0 Å². The van der Waals surface area contributed by atoms with Gasteiger partial charge in [-0.3, -0.25) is 0 Å². The van der Waals surface area contributed by atoms with Gasteiger partial charge in [-0.1, -0.05) is 54.6 Å². The molecule has 2 aromatic carbocycles. The third kappa shape index (κ3) is 2.78. The molecule has 4 rings (SSSR count). The third-order valence-corrected chi connectivity index (χ3v) is 4.15. The molecule has 0 atom stereocenters. The summed E-state index contributed by atoms with van der Waals surface area (Å²) < 4.78 is 4.86. The summed E-state index contributed by atoms with van der Waals surface area (Å²) in [6.45, 7) is 0. The largest absolute Gasteiger partial charge is 0.464 e. The van der Waals surface area contributed by atoms with Gasteiger partial charge in [-0.15, -0.1) is 0 Å². The molecule has 0 saturated carbocycles. The second-order valence-electron chi connectivity index (χ2n) is 5.72. The van der Waals surface area contributed by atoms with Crippen LogP contribution in [-0.2, 0) is 4.74 Å². The molecule has 0 fully saturated rings. The van der Waals surface area contributed by atoms with Crippen molar-refractivity contribution in [2.75, 3.05) is 7.11 Å². The Balaban J connectivity index is 1.94. The topological polar surface area (TPSA) is 55.0 Å². The Morgan fingerprint density at radius 1 is 1.00 bits per heavy atom. The lowest BCUT2D eigenvalue weighted by Crippen LogP contribution is -2.05. The SMILES string of the molecule is COC(=O)c1cc2c([nH]c3ccccc32)c(C=Cc2ccccc2)n1. The van der Waals surface area contributed by atoms with E-state index >= 15 is 0 Å². The molecule has 0 aliphatic heterocycles. The van der Waals surface area contributed by atoms with Gasteiger partial charge in [0.15, 0.2) is 0 Å². The molecule has 0 bridgehead atoms. The quantitative estimate of drug-likeness (QED) is 0.556. The van der Waals surface area contributed by atoms with E-state index in [0.29, 0.717) is 11.4 Å². The Morgan fingerprint density at radius 3 is 2.56 bits per heavy atom. The lowest BCUT2D eigenvalue weighted by Gasteiger charge is -2.03. The number of pyridine rings is 1. The standard InChI is InChI=1S/C21H16N2O2/c1-25-21(24)19-13-16-15-9-5-6-10-17(15)23-20(16)18(22-19)12-11-14-7-3-2-4-8-14/h2-13,23H,1H3. The predicted molar refractivity (Wildman–Crippen MR) is 100 cm³/mol. The maximum absolute atomic E-state index is 12.0. The Labute approximate surface area is 144 Å². The molecular formula is C21H16N2O2. The Kier molecular flexibility index (Phi) is 3.78. The molecule has 1 N–H and O–H groups in total. The molecule has 0 amide bonds. The molecule has 0 aliphatic rings. The Hall–Kier alpha value is -3.40. The molecule has 4 nitrogen and oxygen atoms in total. The first-order valence-electron chi connectivity index (χ1n) is 7.99. The summed E-state index contributed by atoms with van der Waals surface area (Å²) in [6, 6.07) is 19.7. The van der Waals surface area contributed by atoms with E-state index in [-0.39, 0.29) is 0 Å². The number of nitrogens with one attached hydrogen (secondary N) is 1. The summed E-state index contributed by atoms with van der Waals surface area (Å²) in [5.41, 5.74) is 3.99. The second kappa shape index (κ2) is 6.24. The molecule has 0 unspecified atom stereocenters. The monoisotopic (exact) mass is 328 g/mol. The van der Waals surface area contributed by atoms with Crippen LogP contribution >= 0.6 is 0 Å². The van der Waals surface area contributed by atoms with Crippen molar-refractivity contribution in [3.63, 3.8) is 0 Å². The number of hydrogen-bond acceptors (Lipinski definition) is 3. The van der Waals surface area contributed by atoms with Crippen LogP contribution in [0.2, 0.25) is 0 Å². The van der Waals surface area contributed by atoms with Crippen molar-refractivity contribution >= 4 is 39.9 Å². The van der Waals surface area contributed by atoms with Gasteiger partial charge in [-0.25, -0.2) is 9.78 Å². The number of ether oxygens (including phenoxy) is 1. The number of aromatic nitrogens is 2. The molecule has 2 aromatic heterocycles. The smallest absolute Gasteiger partial charge is 0.356 e. The van der Waals surface area contributed by atoms with E-state index in [0.717, 1.165) is 27.4 Å². The lowest BCUT2D eigenvalue weighted by molar-refractivity contribution is 0.0594. The fraction of sp³-hybridized carbons (Fsp3) is 0.0476. The average Bonchev–Trinajstić information content (AvgIpc) is 3.05. The van der Waals surface area contributed by atoms with Gasteiger partial charge in [0.2, 0.25) is 0 Å². The van der Waals surface area contributed by atoms with Gasteiger partial charge in [0.05, 0.1) is 18.3 Å². The number of nitrogens with zero attached hydrogens (tertiary/aromatic N) is 1. The number of hydrogen-bond donors (Lipinski definition) is 1. The van der Waals surface area contributed by atoms with Gasteiger partial charge in [0.1, 0.15) is 5.69 Å². The normalized spacial score (nSPS) is 11.4. The van der Waals surface area contributed by atoms with Crippen LogP contribution in [0.25, 0.3) is 34.0 Å². The van der Waals surface area contributed by atoms with Crippen LogP contribution in [0, 0.1) is 0 Å². The van der Waals surface area contributed by atoms with Crippen LogP contribution in [0.5, 0.6) is 0 Å². The zero-order valence-electron chi connectivity index (χ0n) is 13.7. The third-order valence-electron chi connectivity index (χ3n) is 4.15. The molecule has 25 heavy (non-hydrogen) atoms. The lowest BCUT2D eigenvalue weighted by atomic mass is 10.1. The number of rotatable bonds is 3. The highest BCUT2D eigenvalue weighted by atomic mass is 16.5. The van der Waals surface area contributed by atoms with Crippen LogP contribution in [0.15, 0.2) is 60.7 Å². The van der Waals surface area contributed by atoms with Crippen molar-refractivity contribution in [3.8, 4) is 0 Å². The zero-order valence-corrected chi connectivity index (χ0v) is 13.7. The van der Waals surface area contributed by atoms with Crippen LogP contribution in [0.4, 0.5) is 0 Å². The Bertz CT molecular complexity index is 1090. The highest BCUT2D eigenvalue weighted by molar-refractivity contribution is 6.11. The highest BCUT2D eigenvalue weighted by Gasteiger charge is 2.14. The molecule has 0 saturated heterocycles. The first kappa shape index (κ1) is 15.1. The summed E-state index contributed by atoms with van der Waals surface area (Å²) in [4.78, 5) is 19.9. The summed E-state index contributed by atoms with van der Waals surface area (Å²) in [7, 11) is 1.36. The number of para-hydroxylation sites is 1. The maximum atomic E-state index is 12.0. The number of H-pyrrole nitrogens is 1. The van der Waals surface area contributed by atoms with E-state index in [9.17, 15) is 4.79 Å². The molecule has 0 radical (unpaired) electrons. The van der Waals surface area contributed by atoms with Gasteiger partial charge in [0, 0.05) is 16.3 Å². The van der Waals surface area contributed by atoms with Crippen LogP contribution in [-0.4, -0.2) is 23.0 Å². The van der Waals surface area contributed by atoms with Gasteiger partial charge in [-0.2, -0.15) is 0 Å². The van der Waals surface area contributed by atoms with Crippen molar-refractivity contribution in [2.45, 2.75) is 0 Å². The minimum Gasteiger partial charge on any atom is -0.464 e. The number of benzene rings is 2. The molecule has 0 aliphatic carbocycles. The minimum absolute atomic E-state index is 0.299. The predicted octanol–water partition coefficient (Wildman–Crippen LogP) is 4.67. The van der Waals surface area contributed by atoms with Crippen molar-refractivity contribution in [1.29, 1.82) is 0 Å². The number of esters is 1. The van der Waals surface area contributed by atoms with Crippen LogP contribution < -0.4 is 0 Å². The van der Waals surface area contributed by atoms with E-state index in [4.69, 9.17) is 4.74 Å². The van der Waals surface area contributed by atoms with Gasteiger partial charge >= 0.3 is 5.97 Å². The minimum atomic E-state index is -0.443. The molecule has 0 spiro atoms. The average molecular weight is 328 g/mol. The van der Waals surface area contributed by atoms with Gasteiger partial charge in [-0.05, 0) is 23.8 Å². The summed E-state index contributed by atoms with van der Waals surface area (Å²) in [6.07, 6.45) is 3.90. The van der Waals surface area contributed by atoms with Crippen LogP contribution in [0.1, 0.15) is 21.7 Å². The number of methoxy groups -OCH3 is 1. The molecule has 4 heteroatoms. The molecule has 2 heterocycles. The van der Waals surface area contributed by atoms with E-state index in [1.165, 1.54) is 7.11 Å². The first-order chi connectivity index (χ1) is 12.3. The number of carbonyl (C=O) groups is 1. The summed E-state index contributed by atoms with van der Waals surface area (Å²) >= 11 is 0. The van der Waals surface area contributed by atoms with Gasteiger partial charge in [0.25, 0.3) is 0 Å². The van der Waals surface area contributed by atoms with Crippen molar-refractivity contribution in [3.05, 3.63) is 77.6 Å². The summed E-state index contributed by atoms with van der Waals surface area (Å²) in [5, 5.41) is 2.01.